The van der Waals surface area contributed by atoms with E-state index < -0.39 is 59.6 Å². The lowest BCUT2D eigenvalue weighted by Gasteiger charge is -2.38. The van der Waals surface area contributed by atoms with Gasteiger partial charge in [-0.05, 0) is 175 Å². The molecule has 0 bridgehead atoms. The van der Waals surface area contributed by atoms with Crippen LogP contribution in [0.1, 0.15) is 96.3 Å². The summed E-state index contributed by atoms with van der Waals surface area (Å²) in [5.41, 5.74) is 14.4. The first-order valence-corrected chi connectivity index (χ1v) is 46.9. The molecule has 0 aliphatic carbocycles. The Morgan fingerprint density at radius 2 is 0.552 bits per heavy atom. The van der Waals surface area contributed by atoms with Crippen LogP contribution in [0, 0.1) is 0 Å². The van der Waals surface area contributed by atoms with E-state index in [2.05, 4.69) is 115 Å². The van der Waals surface area contributed by atoms with Gasteiger partial charge in [0.2, 0.25) is 5.95 Å². The molecule has 143 heavy (non-hydrogen) atoms. The number of likely N-dealkylation sites (N-methyl/N-ethyl adjacent to an activating group) is 1. The summed E-state index contributed by atoms with van der Waals surface area (Å²) in [6, 6.07) is 41.4. The first kappa shape index (κ1) is 100. The van der Waals surface area contributed by atoms with Crippen LogP contribution in [0.5, 0.6) is 28.7 Å². The summed E-state index contributed by atoms with van der Waals surface area (Å²) in [4.78, 5) is 69.1. The van der Waals surface area contributed by atoms with Crippen molar-refractivity contribution in [1.82, 2.24) is 44.7 Å². The van der Waals surface area contributed by atoms with Crippen LogP contribution >= 0.6 is 0 Å². The number of nitrogens with zero attached hydrogens (tertiary/aromatic N) is 20. The number of fused-ring (bicyclic) bond motifs is 5. The van der Waals surface area contributed by atoms with Crippen molar-refractivity contribution in [2.24, 2.45) is 25.0 Å². The van der Waals surface area contributed by atoms with Crippen LogP contribution in [-0.2, 0) is 42.6 Å². The van der Waals surface area contributed by atoms with Gasteiger partial charge in [0.1, 0.15) is 57.8 Å². The van der Waals surface area contributed by atoms with Crippen molar-refractivity contribution in [2.45, 2.75) is 88.8 Å². The molecular weight excluding hydrogens is 1930 g/mol. The average molecular weight is 2020 g/mol. The fraction of sp³-hybridized carbons (Fsp3) is 0.340. The van der Waals surface area contributed by atoms with Crippen LogP contribution in [-0.4, -0.2) is 249 Å². The third-order valence-corrected chi connectivity index (χ3v) is 26.1. The van der Waals surface area contributed by atoms with E-state index in [4.69, 9.17) is 0 Å². The predicted octanol–water partition coefficient (Wildman–Crippen LogP) is 17.0. The molecule has 0 spiro atoms. The van der Waals surface area contributed by atoms with E-state index in [0.717, 1.165) is 140 Å². The zero-order chi connectivity index (χ0) is 101. The average Bonchev–Trinajstić information content (AvgIpc) is 1.67. The lowest BCUT2D eigenvalue weighted by molar-refractivity contribution is -0.275. The summed E-state index contributed by atoms with van der Waals surface area (Å²) >= 11 is 0. The normalized spacial score (nSPS) is 17.0. The second-order valence-corrected chi connectivity index (χ2v) is 36.7. The number of pyridine rings is 5. The number of hydrogen-bond donors (Lipinski definition) is 0. The second-order valence-electron chi connectivity index (χ2n) is 34.4. The number of rotatable bonds is 18. The number of hydrogen-bond acceptors (Lipinski definition) is 27. The highest BCUT2D eigenvalue weighted by Gasteiger charge is 2.41. The third-order valence-electron chi connectivity index (χ3n) is 24.6. The zero-order valence-corrected chi connectivity index (χ0v) is 76.9. The molecule has 5 aromatic carbocycles. The molecule has 16 heterocycles. The lowest BCUT2D eigenvalue weighted by atomic mass is 10.00. The van der Waals surface area contributed by atoms with Crippen LogP contribution in [0.4, 0.5) is 114 Å². The number of alkyl halides is 18. The number of benzene rings is 5. The van der Waals surface area contributed by atoms with Crippen molar-refractivity contribution in [2.75, 3.05) is 154 Å². The molecule has 46 heteroatoms. The maximum atomic E-state index is 12.6. The highest BCUT2D eigenvalue weighted by Crippen LogP contribution is 2.40. The van der Waals surface area contributed by atoms with Crippen LogP contribution in [0.25, 0.3) is 0 Å². The molecule has 0 atom stereocenters. The van der Waals surface area contributed by atoms with Gasteiger partial charge in [-0.2, -0.15) is 13.2 Å². The van der Waals surface area contributed by atoms with E-state index in [0.29, 0.717) is 144 Å². The standard InChI is InChI=1S/C22H19F3N6O.C20H18F6N4O.C19H19F3N4O.C18H16F3N3O3S.C18H16F3N3O/c23-22(24,25)32-17-3-2-16-14-29-20(18(16)13-17)15-4-7-26-19(12-15)30-8-10-31(11-9-30)21-27-5-1-6-28-21;21-19(22,23)12-29-5-7-30(8-6-29)17-9-13(3-4-27-17)18-16-10-15(31-20(24,25)26)2-1-14(16)11-28-18;1-25-6-8-26(9-7-25)17-10-13(4-5-23-17)18-16-11-15(27-19(20,21)22)3-2-14(16)12-24-18;1-28(25,26)14-9-24(10-14)16-6-11(4-5-22-16)17-15-7-13(27-18(19,20)21)3-2-12(15)8-23-17;19-18(20,21)25-14-4-3-13-11-23-17(15(13)10-14)12-5-6-22-16(9-12)24-7-1-2-8-24/h1-7,12-13H,8-11,14H2;1-4,9-10H,5-8,11-12H2;2-5,10-11H,6-9,12H2,1H3;2-7,14H,8-10H2,1H3;3-6,9-10H,1-2,7-8,11H2. The van der Waals surface area contributed by atoms with Gasteiger partial charge in [0.05, 0.1) is 73.1 Å². The number of aromatic nitrogens is 7. The largest absolute Gasteiger partial charge is 0.573 e. The molecule has 11 aromatic rings. The van der Waals surface area contributed by atoms with Crippen molar-refractivity contribution >= 4 is 73.4 Å². The molecule has 10 aliphatic heterocycles. The smallest absolute Gasteiger partial charge is 0.406 e. The number of aliphatic imine (C=N–C) groups is 5. The summed E-state index contributed by atoms with van der Waals surface area (Å²) < 4.78 is 269. The number of ether oxygens (including phenoxy) is 5. The quantitative estimate of drug-likeness (QED) is 0.0723. The third kappa shape index (κ3) is 26.0. The van der Waals surface area contributed by atoms with Gasteiger partial charge in [0.25, 0.3) is 0 Å². The molecule has 6 aromatic heterocycles. The summed E-state index contributed by atoms with van der Waals surface area (Å²) in [5, 5.41) is -0.412. The topological polar surface area (TPSA) is 258 Å². The Kier molecular flexibility index (Phi) is 29.2. The Hall–Kier alpha value is -14.3. The van der Waals surface area contributed by atoms with Gasteiger partial charge >= 0.3 is 38.0 Å². The fourth-order valence-electron chi connectivity index (χ4n) is 17.6. The van der Waals surface area contributed by atoms with Crippen LogP contribution in [0.2, 0.25) is 0 Å². The molecular formula is C97H88F18N20O7S. The van der Waals surface area contributed by atoms with E-state index in [1.165, 1.54) is 71.8 Å². The molecule has 0 saturated carbocycles. The molecule has 0 amide bonds. The Bertz CT molecular complexity index is 6730. The zero-order valence-electron chi connectivity index (χ0n) is 76.1. The minimum atomic E-state index is -4.79. The fourth-order valence-corrected chi connectivity index (χ4v) is 18.5. The van der Waals surface area contributed by atoms with Crippen molar-refractivity contribution in [1.29, 1.82) is 0 Å². The number of piperazine rings is 3. The van der Waals surface area contributed by atoms with Gasteiger partial charge in [0, 0.05) is 210 Å². The minimum absolute atomic E-state index is 0.227. The van der Waals surface area contributed by atoms with Gasteiger partial charge in [-0.1, -0.05) is 30.3 Å². The molecule has 5 fully saturated rings. The molecule has 0 N–H and O–H groups in total. The second kappa shape index (κ2) is 41.7. The SMILES string of the molecule is CN1CCN(c2cc(C3=NCc4ccc(OC(F)(F)F)cc43)ccn2)CC1.CS(=O)(=O)C1CN(c2cc(C3=NCc4ccc(OC(F)(F)F)cc43)ccn2)C1.FC(F)(F)CN1CCN(c2cc(C3=NCc4ccc(OC(F)(F)F)cc43)ccn2)CC1.FC(F)(F)Oc1ccc2c(c1)C(c1ccnc(N3CCCC3)c1)=NC2.FC(F)(F)Oc1ccc2c(c1)C(c1ccnc(N3CCN(c4ncccn4)CC3)c1)=NC2. The van der Waals surface area contributed by atoms with Crippen molar-refractivity contribution in [3.8, 4) is 28.7 Å². The van der Waals surface area contributed by atoms with Gasteiger partial charge in [0.15, 0.2) is 9.84 Å². The monoisotopic (exact) mass is 2020 g/mol. The number of anilines is 6. The molecule has 5 saturated heterocycles. The van der Waals surface area contributed by atoms with E-state index in [1.807, 2.05) is 46.2 Å². The van der Waals surface area contributed by atoms with Crippen LogP contribution < -0.4 is 53.1 Å². The summed E-state index contributed by atoms with van der Waals surface area (Å²) in [6.45, 7) is 11.8. The predicted molar refractivity (Wildman–Crippen MR) is 497 cm³/mol. The summed E-state index contributed by atoms with van der Waals surface area (Å²) in [6.07, 6.45) is -12.7. The van der Waals surface area contributed by atoms with Gasteiger partial charge in [-0.15, -0.1) is 65.9 Å². The molecule has 27 nitrogen and oxygen atoms in total. The van der Waals surface area contributed by atoms with Crippen LogP contribution in [0.15, 0.2) is 226 Å². The number of halogens is 18. The highest BCUT2D eigenvalue weighted by molar-refractivity contribution is 7.91. The van der Waals surface area contributed by atoms with E-state index >= 15 is 0 Å². The first-order chi connectivity index (χ1) is 68.0. The molecule has 0 radical (unpaired) electrons. The van der Waals surface area contributed by atoms with Crippen molar-refractivity contribution in [3.63, 3.8) is 0 Å². The lowest BCUT2D eigenvalue weighted by Crippen LogP contribution is -2.54. The summed E-state index contributed by atoms with van der Waals surface area (Å²) in [5.74, 6) is 3.12. The highest BCUT2D eigenvalue weighted by atomic mass is 32.2. The van der Waals surface area contributed by atoms with Crippen LogP contribution in [0.3, 0.4) is 0 Å². The minimum Gasteiger partial charge on any atom is -0.406 e. The van der Waals surface area contributed by atoms with E-state index in [1.54, 1.807) is 104 Å². The van der Waals surface area contributed by atoms with Gasteiger partial charge in [-0.25, -0.2) is 43.3 Å². The molecule has 0 unspecified atom stereocenters. The molecule has 750 valence electrons. The van der Waals surface area contributed by atoms with Gasteiger partial charge in [-0.3, -0.25) is 29.9 Å². The van der Waals surface area contributed by atoms with Crippen molar-refractivity contribution in [3.05, 3.63) is 285 Å². The Morgan fingerprint density at radius 1 is 0.301 bits per heavy atom. The van der Waals surface area contributed by atoms with E-state index in [9.17, 15) is 87.4 Å². The Morgan fingerprint density at radius 3 is 0.818 bits per heavy atom. The van der Waals surface area contributed by atoms with Gasteiger partial charge < -0.3 is 58.0 Å². The summed E-state index contributed by atoms with van der Waals surface area (Å²) in [7, 11) is -1.00. The Labute approximate surface area is 806 Å². The van der Waals surface area contributed by atoms with Crippen molar-refractivity contribution < 1.29 is 111 Å². The molecule has 21 rings (SSSR count). The van der Waals surface area contributed by atoms with E-state index in [-0.39, 0.29) is 41.8 Å². The Balaban J connectivity index is 0.000000123. The first-order valence-electron chi connectivity index (χ1n) is 44.9. The maximum absolute atomic E-state index is 12.6. The number of sulfone groups is 1. The molecule has 10 aliphatic rings. The maximum Gasteiger partial charge on any atom is 0.573 e.